The molecule has 0 N–H and O–H groups in total. The van der Waals surface area contributed by atoms with Crippen molar-refractivity contribution < 1.29 is 19.1 Å². The number of carbonyl (C=O) groups excluding carboxylic acids is 2. The summed E-state index contributed by atoms with van der Waals surface area (Å²) in [5, 5.41) is 8.05. The van der Waals surface area contributed by atoms with Crippen LogP contribution in [0.3, 0.4) is 0 Å². The lowest BCUT2D eigenvalue weighted by atomic mass is 10.0. The van der Waals surface area contributed by atoms with Crippen LogP contribution in [-0.2, 0) is 27.3 Å². The van der Waals surface area contributed by atoms with Gasteiger partial charge in [-0.15, -0.1) is 10.2 Å². The quantitative estimate of drug-likeness (QED) is 0.223. The molecule has 0 saturated heterocycles. The topological polar surface area (TPSA) is 97.8 Å². The van der Waals surface area contributed by atoms with E-state index in [2.05, 4.69) is 15.2 Å². The van der Waals surface area contributed by atoms with Crippen LogP contribution in [0.4, 0.5) is 0 Å². The minimum absolute atomic E-state index is 0.174. The van der Waals surface area contributed by atoms with Crippen molar-refractivity contribution in [3.8, 4) is 17.1 Å². The lowest BCUT2D eigenvalue weighted by Crippen LogP contribution is -2.51. The number of pyridine rings is 1. The van der Waals surface area contributed by atoms with Gasteiger partial charge in [-0.1, -0.05) is 60.7 Å². The van der Waals surface area contributed by atoms with Gasteiger partial charge < -0.3 is 19.3 Å². The van der Waals surface area contributed by atoms with Crippen molar-refractivity contribution >= 4 is 17.9 Å². The molecule has 9 heteroatoms. The van der Waals surface area contributed by atoms with Crippen LogP contribution >= 0.6 is 0 Å². The highest BCUT2D eigenvalue weighted by molar-refractivity contribution is 5.95. The second-order valence-corrected chi connectivity index (χ2v) is 9.67. The van der Waals surface area contributed by atoms with E-state index >= 15 is 0 Å². The maximum absolute atomic E-state index is 13.9. The van der Waals surface area contributed by atoms with Crippen molar-refractivity contribution in [2.24, 2.45) is 0 Å². The molecule has 0 aliphatic rings. The fraction of sp³-hybridized carbons (Fsp3) is 0.242. The van der Waals surface area contributed by atoms with Crippen LogP contribution in [-0.4, -0.2) is 77.3 Å². The fourth-order valence-electron chi connectivity index (χ4n) is 4.39. The van der Waals surface area contributed by atoms with Crippen LogP contribution < -0.4 is 4.74 Å². The van der Waals surface area contributed by atoms with Crippen LogP contribution in [0.5, 0.6) is 5.88 Å². The Bertz CT molecular complexity index is 1450. The average Bonchev–Trinajstić information content (AvgIpc) is 3.05. The summed E-state index contributed by atoms with van der Waals surface area (Å²) in [4.78, 5) is 35.4. The molecule has 0 radical (unpaired) electrons. The highest BCUT2D eigenvalue weighted by Crippen LogP contribution is 2.21. The molecule has 0 aliphatic heterocycles. The molecule has 1 atom stereocenters. The van der Waals surface area contributed by atoms with E-state index in [0.29, 0.717) is 31.1 Å². The van der Waals surface area contributed by atoms with Gasteiger partial charge in [-0.3, -0.25) is 14.6 Å². The van der Waals surface area contributed by atoms with Crippen molar-refractivity contribution in [2.45, 2.75) is 19.0 Å². The summed E-state index contributed by atoms with van der Waals surface area (Å²) in [5.74, 6) is -0.121. The first-order chi connectivity index (χ1) is 20.5. The first-order valence-corrected chi connectivity index (χ1v) is 13.6. The molecule has 4 aromatic rings. The predicted molar refractivity (Wildman–Crippen MR) is 161 cm³/mol. The van der Waals surface area contributed by atoms with Crippen LogP contribution in [0.1, 0.15) is 16.8 Å². The summed E-state index contributed by atoms with van der Waals surface area (Å²) < 4.78 is 10.3. The molecule has 4 rings (SSSR count). The Hall–Kier alpha value is -4.89. The zero-order valence-corrected chi connectivity index (χ0v) is 24.1. The van der Waals surface area contributed by atoms with Crippen molar-refractivity contribution in [3.63, 3.8) is 0 Å². The number of hydrogen-bond donors (Lipinski definition) is 0. The highest BCUT2D eigenvalue weighted by atomic mass is 16.5. The predicted octanol–water partition coefficient (Wildman–Crippen LogP) is 4.31. The molecule has 2 heterocycles. The molecule has 9 nitrogen and oxygen atoms in total. The Morgan fingerprint density at radius 3 is 2.29 bits per heavy atom. The third-order valence-electron chi connectivity index (χ3n) is 6.76. The zero-order chi connectivity index (χ0) is 29.7. The molecule has 2 amide bonds. The Morgan fingerprint density at radius 2 is 1.64 bits per heavy atom. The SMILES string of the molecule is COCCN(C)C(=O)[C@H](Cc1ccccc1)N(Cc1ccc(-c2ccccn2)cc1)C(=O)C=Cc1ccc(OC)nn1. The molecular weight excluding hydrogens is 530 g/mol. The van der Waals surface area contributed by atoms with Gasteiger partial charge in [-0.25, -0.2) is 0 Å². The molecule has 0 fully saturated rings. The minimum atomic E-state index is -0.760. The van der Waals surface area contributed by atoms with Crippen LogP contribution in [0.25, 0.3) is 17.3 Å². The number of nitrogens with zero attached hydrogens (tertiary/aromatic N) is 5. The van der Waals surface area contributed by atoms with Gasteiger partial charge in [0.15, 0.2) is 0 Å². The molecule has 0 unspecified atom stereocenters. The van der Waals surface area contributed by atoms with Gasteiger partial charge in [0.25, 0.3) is 0 Å². The second kappa shape index (κ2) is 15.2. The van der Waals surface area contributed by atoms with E-state index < -0.39 is 6.04 Å². The summed E-state index contributed by atoms with van der Waals surface area (Å²) >= 11 is 0. The van der Waals surface area contributed by atoms with Crippen molar-refractivity contribution in [1.82, 2.24) is 25.0 Å². The molecule has 0 saturated carbocycles. The third kappa shape index (κ3) is 8.31. The van der Waals surface area contributed by atoms with Crippen molar-refractivity contribution in [2.75, 3.05) is 34.4 Å². The van der Waals surface area contributed by atoms with Gasteiger partial charge >= 0.3 is 0 Å². The van der Waals surface area contributed by atoms with Crippen molar-refractivity contribution in [1.29, 1.82) is 0 Å². The van der Waals surface area contributed by atoms with Gasteiger partial charge in [0.05, 0.1) is 25.1 Å². The average molecular weight is 566 g/mol. The Kier molecular flexibility index (Phi) is 10.9. The first-order valence-electron chi connectivity index (χ1n) is 13.6. The molecule has 42 heavy (non-hydrogen) atoms. The summed E-state index contributed by atoms with van der Waals surface area (Å²) in [7, 11) is 4.83. The molecular formula is C33H35N5O4. The Labute approximate surface area is 246 Å². The second-order valence-electron chi connectivity index (χ2n) is 9.67. The van der Waals surface area contributed by atoms with E-state index in [1.807, 2.05) is 72.8 Å². The lowest BCUT2D eigenvalue weighted by molar-refractivity contribution is -0.143. The molecule has 0 bridgehead atoms. The number of carbonyl (C=O) groups is 2. The number of benzene rings is 2. The smallest absolute Gasteiger partial charge is 0.247 e. The standard InChI is InChI=1S/C33H35N5O4/c1-37(21-22-41-2)33(40)30(23-25-9-5-4-6-10-25)38(32(39)19-17-28-16-18-31(42-3)36-35-28)24-26-12-14-27(15-13-26)29-11-7-8-20-34-29/h4-20,30H,21-24H2,1-3H3/t30-/m0/s1. The summed E-state index contributed by atoms with van der Waals surface area (Å²) in [6, 6.07) is 26.0. The molecule has 0 spiro atoms. The van der Waals surface area contributed by atoms with Crippen molar-refractivity contribution in [3.05, 3.63) is 114 Å². The van der Waals surface area contributed by atoms with Crippen LogP contribution in [0.2, 0.25) is 0 Å². The monoisotopic (exact) mass is 565 g/mol. The van der Waals surface area contributed by atoms with E-state index in [4.69, 9.17) is 9.47 Å². The Morgan fingerprint density at radius 1 is 0.881 bits per heavy atom. The number of aromatic nitrogens is 3. The van der Waals surface area contributed by atoms with E-state index in [-0.39, 0.29) is 18.4 Å². The fourth-order valence-corrected chi connectivity index (χ4v) is 4.39. The van der Waals surface area contributed by atoms with Gasteiger partial charge in [-0.2, -0.15) is 0 Å². The van der Waals surface area contributed by atoms with Gasteiger partial charge in [-0.05, 0) is 35.4 Å². The number of likely N-dealkylation sites (N-methyl/N-ethyl adjacent to an activating group) is 1. The summed E-state index contributed by atoms with van der Waals surface area (Å²) in [5.41, 5.74) is 4.14. The van der Waals surface area contributed by atoms with Gasteiger partial charge in [0.1, 0.15) is 6.04 Å². The van der Waals surface area contributed by atoms with Crippen LogP contribution in [0, 0.1) is 0 Å². The van der Waals surface area contributed by atoms with Gasteiger partial charge in [0.2, 0.25) is 17.7 Å². The number of ether oxygens (including phenoxy) is 2. The molecule has 2 aromatic heterocycles. The van der Waals surface area contributed by atoms with Gasteiger partial charge in [0, 0.05) is 57.6 Å². The number of amides is 2. The molecule has 2 aromatic carbocycles. The third-order valence-corrected chi connectivity index (χ3v) is 6.76. The zero-order valence-electron chi connectivity index (χ0n) is 24.1. The molecule has 0 aliphatic carbocycles. The summed E-state index contributed by atoms with van der Waals surface area (Å²) in [6.45, 7) is 1.01. The lowest BCUT2D eigenvalue weighted by Gasteiger charge is -2.33. The number of methoxy groups -OCH3 is 2. The normalized spacial score (nSPS) is 11.7. The maximum Gasteiger partial charge on any atom is 0.247 e. The maximum atomic E-state index is 13.9. The highest BCUT2D eigenvalue weighted by Gasteiger charge is 2.31. The first kappa shape index (κ1) is 30.1. The van der Waals surface area contributed by atoms with E-state index in [9.17, 15) is 9.59 Å². The van der Waals surface area contributed by atoms with E-state index in [1.165, 1.54) is 13.2 Å². The Balaban J connectivity index is 1.67. The van der Waals surface area contributed by atoms with E-state index in [0.717, 1.165) is 22.4 Å². The number of hydrogen-bond acceptors (Lipinski definition) is 7. The minimum Gasteiger partial charge on any atom is -0.480 e. The van der Waals surface area contributed by atoms with E-state index in [1.54, 1.807) is 48.4 Å². The molecule has 216 valence electrons. The number of rotatable bonds is 13. The largest absolute Gasteiger partial charge is 0.480 e. The van der Waals surface area contributed by atoms with Crippen LogP contribution in [0.15, 0.2) is 97.2 Å². The summed E-state index contributed by atoms with van der Waals surface area (Å²) in [6.07, 6.45) is 5.12.